The van der Waals surface area contributed by atoms with Crippen LogP contribution in [0.5, 0.6) is 17.2 Å². The van der Waals surface area contributed by atoms with E-state index in [1.54, 1.807) is 24.3 Å². The Morgan fingerprint density at radius 1 is 0.882 bits per heavy atom. The summed E-state index contributed by atoms with van der Waals surface area (Å²) < 4.78 is 0. The first-order valence-corrected chi connectivity index (χ1v) is 5.81. The molecule has 3 N–H and O–H groups in total. The Labute approximate surface area is 100.0 Å². The highest BCUT2D eigenvalue weighted by Crippen LogP contribution is 2.44. The Bertz CT molecular complexity index is 547. The lowest BCUT2D eigenvalue weighted by Gasteiger charge is -2.12. The molecule has 0 aliphatic heterocycles. The first kappa shape index (κ1) is 11.6. The van der Waals surface area contributed by atoms with Crippen molar-refractivity contribution in [3.8, 4) is 17.2 Å². The van der Waals surface area contributed by atoms with Gasteiger partial charge in [-0.25, -0.2) is 0 Å². The van der Waals surface area contributed by atoms with Crippen LogP contribution >= 0.6 is 0 Å². The molecule has 0 unspecified atom stereocenters. The molecule has 2 aromatic rings. The van der Waals surface area contributed by atoms with Crippen molar-refractivity contribution in [3.05, 3.63) is 29.8 Å². The van der Waals surface area contributed by atoms with E-state index in [1.165, 1.54) is 0 Å². The zero-order valence-corrected chi connectivity index (χ0v) is 9.77. The summed E-state index contributed by atoms with van der Waals surface area (Å²) in [6.45, 7) is 2.04. The molecular formula is C14H16O3. The van der Waals surface area contributed by atoms with Crippen molar-refractivity contribution >= 4 is 10.8 Å². The number of benzene rings is 2. The van der Waals surface area contributed by atoms with Gasteiger partial charge in [-0.15, -0.1) is 0 Å². The summed E-state index contributed by atoms with van der Waals surface area (Å²) in [6.07, 6.45) is 2.39. The maximum Gasteiger partial charge on any atom is 0.166 e. The van der Waals surface area contributed by atoms with Crippen LogP contribution in [0.3, 0.4) is 0 Å². The molecule has 0 aromatic heterocycles. The third kappa shape index (κ3) is 1.88. The second kappa shape index (κ2) is 4.53. The number of hydrogen-bond acceptors (Lipinski definition) is 3. The SMILES string of the molecule is CCCCc1c(O)c(O)c2ccccc2c1O. The van der Waals surface area contributed by atoms with Crippen molar-refractivity contribution in [2.75, 3.05) is 0 Å². The van der Waals surface area contributed by atoms with E-state index in [-0.39, 0.29) is 17.2 Å². The number of rotatable bonds is 3. The zero-order valence-electron chi connectivity index (χ0n) is 9.77. The largest absolute Gasteiger partial charge is 0.507 e. The average molecular weight is 232 g/mol. The lowest BCUT2D eigenvalue weighted by atomic mass is 9.99. The molecule has 17 heavy (non-hydrogen) atoms. The van der Waals surface area contributed by atoms with Gasteiger partial charge in [0, 0.05) is 16.3 Å². The molecule has 90 valence electrons. The van der Waals surface area contributed by atoms with Gasteiger partial charge in [0.1, 0.15) is 5.75 Å². The molecule has 0 aliphatic carbocycles. The third-order valence-electron chi connectivity index (χ3n) is 3.01. The zero-order chi connectivity index (χ0) is 12.4. The molecule has 0 amide bonds. The lowest BCUT2D eigenvalue weighted by Crippen LogP contribution is -1.89. The summed E-state index contributed by atoms with van der Waals surface area (Å²) in [4.78, 5) is 0. The fourth-order valence-corrected chi connectivity index (χ4v) is 2.03. The lowest BCUT2D eigenvalue weighted by molar-refractivity contribution is 0.394. The highest BCUT2D eigenvalue weighted by molar-refractivity contribution is 5.96. The highest BCUT2D eigenvalue weighted by Gasteiger charge is 2.17. The summed E-state index contributed by atoms with van der Waals surface area (Å²) in [5.41, 5.74) is 0.433. The molecule has 3 heteroatoms. The number of unbranched alkanes of at least 4 members (excludes halogenated alkanes) is 1. The Kier molecular flexibility index (Phi) is 3.09. The van der Waals surface area contributed by atoms with Crippen molar-refractivity contribution < 1.29 is 15.3 Å². The molecule has 3 nitrogen and oxygen atoms in total. The maximum atomic E-state index is 10.1. The summed E-state index contributed by atoms with van der Waals surface area (Å²) in [5.74, 6) is -0.275. The highest BCUT2D eigenvalue weighted by atomic mass is 16.3. The molecule has 2 aromatic carbocycles. The summed E-state index contributed by atoms with van der Waals surface area (Å²) in [7, 11) is 0. The monoisotopic (exact) mass is 232 g/mol. The molecule has 0 radical (unpaired) electrons. The molecule has 0 bridgehead atoms. The first-order chi connectivity index (χ1) is 8.16. The number of fused-ring (bicyclic) bond motifs is 1. The number of aromatic hydroxyl groups is 3. The van der Waals surface area contributed by atoms with Crippen LogP contribution in [0, 0.1) is 0 Å². The Hall–Kier alpha value is -1.90. The van der Waals surface area contributed by atoms with E-state index in [0.717, 1.165) is 12.8 Å². The Morgan fingerprint density at radius 2 is 1.47 bits per heavy atom. The molecule has 0 fully saturated rings. The van der Waals surface area contributed by atoms with E-state index < -0.39 is 0 Å². The van der Waals surface area contributed by atoms with Crippen molar-refractivity contribution in [2.24, 2.45) is 0 Å². The topological polar surface area (TPSA) is 60.7 Å². The quantitative estimate of drug-likeness (QED) is 0.562. The van der Waals surface area contributed by atoms with E-state index in [4.69, 9.17) is 0 Å². The van der Waals surface area contributed by atoms with Gasteiger partial charge < -0.3 is 15.3 Å². The molecule has 2 rings (SSSR count). The van der Waals surface area contributed by atoms with Crippen molar-refractivity contribution in [2.45, 2.75) is 26.2 Å². The normalized spacial score (nSPS) is 10.9. The van der Waals surface area contributed by atoms with Gasteiger partial charge in [0.25, 0.3) is 0 Å². The Morgan fingerprint density at radius 3 is 2.06 bits per heavy atom. The van der Waals surface area contributed by atoms with Gasteiger partial charge >= 0.3 is 0 Å². The number of hydrogen-bond donors (Lipinski definition) is 3. The maximum absolute atomic E-state index is 10.1. The molecule has 0 spiro atoms. The van der Waals surface area contributed by atoms with Crippen LogP contribution in [0.1, 0.15) is 25.3 Å². The van der Waals surface area contributed by atoms with Crippen LogP contribution in [-0.2, 0) is 6.42 Å². The van der Waals surface area contributed by atoms with Crippen molar-refractivity contribution in [1.29, 1.82) is 0 Å². The summed E-state index contributed by atoms with van der Waals surface area (Å²) >= 11 is 0. The fraction of sp³-hybridized carbons (Fsp3) is 0.286. The predicted octanol–water partition coefficient (Wildman–Crippen LogP) is 3.30. The van der Waals surface area contributed by atoms with Crippen LogP contribution in [0.25, 0.3) is 10.8 Å². The van der Waals surface area contributed by atoms with Gasteiger partial charge in [0.15, 0.2) is 11.5 Å². The van der Waals surface area contributed by atoms with Crippen LogP contribution in [-0.4, -0.2) is 15.3 Å². The minimum absolute atomic E-state index is 0.0735. The summed E-state index contributed by atoms with van der Waals surface area (Å²) in [6, 6.07) is 6.96. The molecule has 0 atom stereocenters. The molecule has 0 saturated heterocycles. The van der Waals surface area contributed by atoms with E-state index in [2.05, 4.69) is 0 Å². The predicted molar refractivity (Wildman–Crippen MR) is 67.6 cm³/mol. The molecule has 0 aliphatic rings. The van der Waals surface area contributed by atoms with Gasteiger partial charge in [-0.05, 0) is 12.8 Å². The minimum Gasteiger partial charge on any atom is -0.507 e. The van der Waals surface area contributed by atoms with Gasteiger partial charge in [-0.1, -0.05) is 37.6 Å². The molecular weight excluding hydrogens is 216 g/mol. The van der Waals surface area contributed by atoms with Crippen LogP contribution in [0.4, 0.5) is 0 Å². The summed E-state index contributed by atoms with van der Waals surface area (Å²) in [5, 5.41) is 31.0. The first-order valence-electron chi connectivity index (χ1n) is 5.81. The second-order valence-electron chi connectivity index (χ2n) is 4.17. The average Bonchev–Trinajstić information content (AvgIpc) is 2.36. The van der Waals surface area contributed by atoms with Gasteiger partial charge in [-0.2, -0.15) is 0 Å². The van der Waals surface area contributed by atoms with E-state index in [1.807, 2.05) is 6.92 Å². The van der Waals surface area contributed by atoms with Gasteiger partial charge in [0.2, 0.25) is 0 Å². The van der Waals surface area contributed by atoms with Crippen LogP contribution < -0.4 is 0 Å². The number of phenols is 3. The van der Waals surface area contributed by atoms with Crippen molar-refractivity contribution in [3.63, 3.8) is 0 Å². The molecule has 0 saturated carbocycles. The number of phenolic OH excluding ortho intramolecular Hbond substituents is 3. The van der Waals surface area contributed by atoms with Gasteiger partial charge in [0.05, 0.1) is 0 Å². The van der Waals surface area contributed by atoms with Crippen LogP contribution in [0.2, 0.25) is 0 Å². The van der Waals surface area contributed by atoms with Crippen molar-refractivity contribution in [1.82, 2.24) is 0 Å². The third-order valence-corrected chi connectivity index (χ3v) is 3.01. The van der Waals surface area contributed by atoms with E-state index >= 15 is 0 Å². The van der Waals surface area contributed by atoms with E-state index in [0.29, 0.717) is 22.8 Å². The fourth-order valence-electron chi connectivity index (χ4n) is 2.03. The van der Waals surface area contributed by atoms with Gasteiger partial charge in [-0.3, -0.25) is 0 Å². The van der Waals surface area contributed by atoms with Crippen LogP contribution in [0.15, 0.2) is 24.3 Å². The Balaban J connectivity index is 2.68. The minimum atomic E-state index is -0.199. The standard InChI is InChI=1S/C14H16O3/c1-2-3-6-11-12(15)9-7-4-5-8-10(9)13(16)14(11)17/h4-5,7-8,15-17H,2-3,6H2,1H3. The smallest absolute Gasteiger partial charge is 0.166 e. The van der Waals surface area contributed by atoms with E-state index in [9.17, 15) is 15.3 Å². The second-order valence-corrected chi connectivity index (χ2v) is 4.17. The molecule has 0 heterocycles.